The Kier molecular flexibility index (Phi) is 5.87. The summed E-state index contributed by atoms with van der Waals surface area (Å²) in [6.45, 7) is -1.22. The van der Waals surface area contributed by atoms with Crippen molar-refractivity contribution < 1.29 is 24.6 Å². The number of carboxylic acids is 2. The van der Waals surface area contributed by atoms with Crippen molar-refractivity contribution in [3.05, 3.63) is 30.3 Å². The summed E-state index contributed by atoms with van der Waals surface area (Å²) in [5.74, 6) is -2.98. The molecular weight excluding hydrogens is 270 g/mol. The standard InChI is InChI=1S/C12H13NO5S/c14-10(8-19-9-4-2-1-3-5-9)13(6-11(15)16)7-12(17)18/h1-5H,6-8H2,(H,15,16)(H,17,18). The van der Waals surface area contributed by atoms with Crippen LogP contribution >= 0.6 is 11.8 Å². The SMILES string of the molecule is O=C(O)CN(CC(=O)O)C(=O)CSc1ccccc1. The van der Waals surface area contributed by atoms with Crippen molar-refractivity contribution >= 4 is 29.6 Å². The number of thioether (sulfide) groups is 1. The smallest absolute Gasteiger partial charge is 0.323 e. The maximum absolute atomic E-state index is 11.8. The lowest BCUT2D eigenvalue weighted by Gasteiger charge is -2.18. The first-order valence-corrected chi connectivity index (χ1v) is 6.37. The van der Waals surface area contributed by atoms with E-state index in [0.29, 0.717) is 0 Å². The summed E-state index contributed by atoms with van der Waals surface area (Å²) in [4.78, 5) is 34.6. The summed E-state index contributed by atoms with van der Waals surface area (Å²) in [6.07, 6.45) is 0. The van der Waals surface area contributed by atoms with Crippen LogP contribution in [0.5, 0.6) is 0 Å². The van der Waals surface area contributed by atoms with E-state index in [-0.39, 0.29) is 5.75 Å². The average Bonchev–Trinajstić information content (AvgIpc) is 2.35. The largest absolute Gasteiger partial charge is 0.480 e. The molecule has 0 aliphatic heterocycles. The topological polar surface area (TPSA) is 94.9 Å². The second kappa shape index (κ2) is 7.42. The fourth-order valence-corrected chi connectivity index (χ4v) is 2.13. The molecule has 0 fully saturated rings. The van der Waals surface area contributed by atoms with Gasteiger partial charge in [-0.25, -0.2) is 0 Å². The van der Waals surface area contributed by atoms with Gasteiger partial charge in [-0.3, -0.25) is 14.4 Å². The molecule has 19 heavy (non-hydrogen) atoms. The molecule has 0 bridgehead atoms. The van der Waals surface area contributed by atoms with Crippen molar-refractivity contribution in [1.29, 1.82) is 0 Å². The summed E-state index contributed by atoms with van der Waals surface area (Å²) in [5.41, 5.74) is 0. The molecule has 7 heteroatoms. The molecule has 0 radical (unpaired) electrons. The van der Waals surface area contributed by atoms with Gasteiger partial charge in [0.05, 0.1) is 5.75 Å². The number of nitrogens with zero attached hydrogens (tertiary/aromatic N) is 1. The van der Waals surface area contributed by atoms with Crippen LogP contribution in [-0.2, 0) is 14.4 Å². The molecule has 1 amide bonds. The van der Waals surface area contributed by atoms with E-state index in [2.05, 4.69) is 0 Å². The molecular formula is C12H13NO5S. The van der Waals surface area contributed by atoms with Crippen LogP contribution in [0.4, 0.5) is 0 Å². The van der Waals surface area contributed by atoms with Crippen molar-refractivity contribution in [1.82, 2.24) is 4.90 Å². The number of amides is 1. The Morgan fingerprint density at radius 2 is 1.53 bits per heavy atom. The lowest BCUT2D eigenvalue weighted by Crippen LogP contribution is -2.40. The van der Waals surface area contributed by atoms with Crippen LogP contribution in [0.1, 0.15) is 0 Å². The molecule has 1 aromatic carbocycles. The molecule has 0 saturated carbocycles. The van der Waals surface area contributed by atoms with Gasteiger partial charge >= 0.3 is 11.9 Å². The van der Waals surface area contributed by atoms with Gasteiger partial charge in [0.25, 0.3) is 0 Å². The zero-order chi connectivity index (χ0) is 14.3. The van der Waals surface area contributed by atoms with Gasteiger partial charge in [-0.05, 0) is 12.1 Å². The van der Waals surface area contributed by atoms with E-state index in [1.807, 2.05) is 30.3 Å². The van der Waals surface area contributed by atoms with Crippen LogP contribution in [0, 0.1) is 0 Å². The molecule has 0 atom stereocenters. The molecule has 1 rings (SSSR count). The lowest BCUT2D eigenvalue weighted by atomic mass is 10.4. The molecule has 6 nitrogen and oxygen atoms in total. The first kappa shape index (κ1) is 15.0. The van der Waals surface area contributed by atoms with Crippen molar-refractivity contribution in [2.24, 2.45) is 0 Å². The number of carboxylic acid groups (broad SMARTS) is 2. The highest BCUT2D eigenvalue weighted by Crippen LogP contribution is 2.17. The highest BCUT2D eigenvalue weighted by molar-refractivity contribution is 8.00. The molecule has 0 spiro atoms. The molecule has 0 aliphatic carbocycles. The van der Waals surface area contributed by atoms with Crippen LogP contribution in [0.15, 0.2) is 35.2 Å². The minimum absolute atomic E-state index is 0.00454. The summed E-state index contributed by atoms with van der Waals surface area (Å²) in [6, 6.07) is 9.11. The third-order valence-corrected chi connectivity index (χ3v) is 3.11. The highest BCUT2D eigenvalue weighted by Gasteiger charge is 2.19. The Morgan fingerprint density at radius 1 is 1.00 bits per heavy atom. The highest BCUT2D eigenvalue weighted by atomic mass is 32.2. The van der Waals surface area contributed by atoms with Gasteiger partial charge in [-0.15, -0.1) is 11.8 Å². The zero-order valence-electron chi connectivity index (χ0n) is 9.98. The van der Waals surface area contributed by atoms with E-state index in [9.17, 15) is 14.4 Å². The third-order valence-electron chi connectivity index (χ3n) is 2.11. The number of carbonyl (C=O) groups is 3. The number of hydrogen-bond donors (Lipinski definition) is 2. The molecule has 102 valence electrons. The number of benzene rings is 1. The van der Waals surface area contributed by atoms with Crippen molar-refractivity contribution in [2.75, 3.05) is 18.8 Å². The van der Waals surface area contributed by atoms with E-state index < -0.39 is 30.9 Å². The number of rotatable bonds is 7. The first-order valence-electron chi connectivity index (χ1n) is 5.38. The Bertz CT molecular complexity index is 446. The summed E-state index contributed by atoms with van der Waals surface area (Å²) < 4.78 is 0. The normalized spacial score (nSPS) is 9.89. The van der Waals surface area contributed by atoms with Crippen LogP contribution in [-0.4, -0.2) is 51.8 Å². The molecule has 0 heterocycles. The van der Waals surface area contributed by atoms with Crippen LogP contribution < -0.4 is 0 Å². The zero-order valence-corrected chi connectivity index (χ0v) is 10.8. The second-order valence-electron chi connectivity index (χ2n) is 3.64. The van der Waals surface area contributed by atoms with Gasteiger partial charge in [0.1, 0.15) is 13.1 Å². The Balaban J connectivity index is 2.56. The van der Waals surface area contributed by atoms with Crippen molar-refractivity contribution in [3.63, 3.8) is 0 Å². The predicted octanol–water partition coefficient (Wildman–Crippen LogP) is 0.776. The molecule has 0 saturated heterocycles. The van der Waals surface area contributed by atoms with Gasteiger partial charge in [-0.1, -0.05) is 18.2 Å². The Labute approximate surface area is 114 Å². The van der Waals surface area contributed by atoms with Crippen LogP contribution in [0.25, 0.3) is 0 Å². The predicted molar refractivity (Wildman–Crippen MR) is 69.0 cm³/mol. The number of carbonyl (C=O) groups excluding carboxylic acids is 1. The van der Waals surface area contributed by atoms with Gasteiger partial charge < -0.3 is 15.1 Å². The van der Waals surface area contributed by atoms with Crippen molar-refractivity contribution in [3.8, 4) is 0 Å². The van der Waals surface area contributed by atoms with E-state index >= 15 is 0 Å². The Hall–Kier alpha value is -2.02. The van der Waals surface area contributed by atoms with E-state index in [1.165, 1.54) is 11.8 Å². The third kappa shape index (κ3) is 5.91. The number of hydrogen-bond acceptors (Lipinski definition) is 4. The van der Waals surface area contributed by atoms with E-state index in [1.54, 1.807) is 0 Å². The van der Waals surface area contributed by atoms with Crippen molar-refractivity contribution in [2.45, 2.75) is 4.90 Å². The fraction of sp³-hybridized carbons (Fsp3) is 0.250. The average molecular weight is 283 g/mol. The van der Waals surface area contributed by atoms with Gasteiger partial charge in [0.15, 0.2) is 0 Å². The number of aliphatic carboxylic acids is 2. The molecule has 1 aromatic rings. The Morgan fingerprint density at radius 3 is 2.00 bits per heavy atom. The minimum Gasteiger partial charge on any atom is -0.480 e. The molecule has 0 aliphatic rings. The molecule has 0 unspecified atom stereocenters. The van der Waals surface area contributed by atoms with Gasteiger partial charge in [0, 0.05) is 4.90 Å². The summed E-state index contributed by atoms with van der Waals surface area (Å²) in [5, 5.41) is 17.3. The maximum Gasteiger partial charge on any atom is 0.323 e. The van der Waals surface area contributed by atoms with E-state index in [4.69, 9.17) is 10.2 Å². The summed E-state index contributed by atoms with van der Waals surface area (Å²) >= 11 is 1.23. The van der Waals surface area contributed by atoms with Crippen LogP contribution in [0.2, 0.25) is 0 Å². The molecule has 0 aromatic heterocycles. The van der Waals surface area contributed by atoms with Crippen LogP contribution in [0.3, 0.4) is 0 Å². The fourth-order valence-electron chi connectivity index (χ4n) is 1.31. The second-order valence-corrected chi connectivity index (χ2v) is 4.69. The quantitative estimate of drug-likeness (QED) is 0.718. The van der Waals surface area contributed by atoms with E-state index in [0.717, 1.165) is 9.80 Å². The first-order chi connectivity index (χ1) is 8.99. The van der Waals surface area contributed by atoms with Gasteiger partial charge in [0.2, 0.25) is 5.91 Å². The van der Waals surface area contributed by atoms with Gasteiger partial charge in [-0.2, -0.15) is 0 Å². The summed E-state index contributed by atoms with van der Waals surface area (Å²) in [7, 11) is 0. The monoisotopic (exact) mass is 283 g/mol. The lowest BCUT2D eigenvalue weighted by molar-refractivity contribution is -0.148. The maximum atomic E-state index is 11.8. The minimum atomic E-state index is -1.24. The molecule has 2 N–H and O–H groups in total.